The third-order valence-electron chi connectivity index (χ3n) is 4.13. The molecular weight excluding hydrogens is 208 g/mol. The minimum atomic E-state index is 0.480. The maximum atomic E-state index is 11.1. The minimum Gasteiger partial charge on any atom is -0.300 e. The van der Waals surface area contributed by atoms with Gasteiger partial charge in [0.25, 0.3) is 0 Å². The van der Waals surface area contributed by atoms with E-state index < -0.39 is 0 Å². The molecular formula is C16H18O. The zero-order chi connectivity index (χ0) is 11.7. The number of hydrogen-bond donors (Lipinski definition) is 0. The molecule has 2 aliphatic carbocycles. The van der Waals surface area contributed by atoms with Crippen LogP contribution < -0.4 is 0 Å². The zero-order valence-corrected chi connectivity index (χ0v) is 10.0. The minimum absolute atomic E-state index is 0.480. The molecule has 0 amide bonds. The van der Waals surface area contributed by atoms with Gasteiger partial charge < -0.3 is 0 Å². The molecule has 2 aliphatic rings. The summed E-state index contributed by atoms with van der Waals surface area (Å²) in [5.74, 6) is 2.61. The summed E-state index contributed by atoms with van der Waals surface area (Å²) < 4.78 is 0. The number of Topliss-reactive ketones (excluding diaryl/α,β-unsaturated/α-hetero) is 1. The van der Waals surface area contributed by atoms with E-state index in [1.54, 1.807) is 0 Å². The van der Waals surface area contributed by atoms with Crippen molar-refractivity contribution >= 4 is 5.78 Å². The van der Waals surface area contributed by atoms with E-state index in [2.05, 4.69) is 42.5 Å². The average molecular weight is 226 g/mol. The summed E-state index contributed by atoms with van der Waals surface area (Å²) in [6.45, 7) is 0. The molecule has 0 heterocycles. The number of fused-ring (bicyclic) bond motifs is 1. The van der Waals surface area contributed by atoms with Crippen LogP contribution in [0.25, 0.3) is 0 Å². The van der Waals surface area contributed by atoms with Gasteiger partial charge in [0.1, 0.15) is 5.78 Å². The Morgan fingerprint density at radius 2 is 1.82 bits per heavy atom. The normalized spacial score (nSPS) is 30.8. The Balaban J connectivity index is 1.43. The molecule has 88 valence electrons. The van der Waals surface area contributed by atoms with E-state index in [0.717, 1.165) is 31.6 Å². The summed E-state index contributed by atoms with van der Waals surface area (Å²) in [5.41, 5.74) is 1.41. The van der Waals surface area contributed by atoms with E-state index in [4.69, 9.17) is 0 Å². The molecule has 0 bridgehead atoms. The molecule has 0 radical (unpaired) electrons. The molecule has 2 saturated carbocycles. The van der Waals surface area contributed by atoms with Gasteiger partial charge in [0.15, 0.2) is 0 Å². The summed E-state index contributed by atoms with van der Waals surface area (Å²) in [6.07, 6.45) is 8.59. The van der Waals surface area contributed by atoms with Crippen LogP contribution in [-0.4, -0.2) is 5.78 Å². The third-order valence-corrected chi connectivity index (χ3v) is 4.13. The average Bonchev–Trinajstić information content (AvgIpc) is 2.81. The highest BCUT2D eigenvalue weighted by atomic mass is 16.1. The fraction of sp³-hybridized carbons (Fsp3) is 0.438. The molecule has 1 aromatic rings. The van der Waals surface area contributed by atoms with E-state index in [9.17, 15) is 4.79 Å². The first-order chi connectivity index (χ1) is 8.34. The first kappa shape index (κ1) is 10.8. The summed E-state index contributed by atoms with van der Waals surface area (Å²) in [5, 5.41) is 0. The van der Waals surface area contributed by atoms with Gasteiger partial charge in [-0.25, -0.2) is 0 Å². The highest BCUT2D eigenvalue weighted by molar-refractivity contribution is 5.83. The van der Waals surface area contributed by atoms with Gasteiger partial charge in [-0.3, -0.25) is 4.79 Å². The lowest BCUT2D eigenvalue weighted by Gasteiger charge is -1.97. The highest BCUT2D eigenvalue weighted by Gasteiger charge is 2.54. The van der Waals surface area contributed by atoms with Crippen molar-refractivity contribution in [2.24, 2.45) is 17.8 Å². The van der Waals surface area contributed by atoms with E-state index in [-0.39, 0.29) is 0 Å². The molecule has 17 heavy (non-hydrogen) atoms. The summed E-state index contributed by atoms with van der Waals surface area (Å²) in [6, 6.07) is 10.6. The number of hydrogen-bond acceptors (Lipinski definition) is 1. The van der Waals surface area contributed by atoms with Crippen LogP contribution in [0.3, 0.4) is 0 Å². The molecule has 3 atom stereocenters. The van der Waals surface area contributed by atoms with Crippen LogP contribution in [0.15, 0.2) is 42.5 Å². The molecule has 1 nitrogen and oxygen atoms in total. The SMILES string of the molecule is O=C1C[C@@H]2C(C=CCCc3ccccc3)[C@@H]2C1. The van der Waals surface area contributed by atoms with Crippen molar-refractivity contribution in [1.82, 2.24) is 0 Å². The van der Waals surface area contributed by atoms with Crippen LogP contribution in [0.1, 0.15) is 24.8 Å². The van der Waals surface area contributed by atoms with Gasteiger partial charge in [-0.2, -0.15) is 0 Å². The summed E-state index contributed by atoms with van der Waals surface area (Å²) >= 11 is 0. The standard InChI is InChI=1S/C16H18O/c17-13-10-15-14(16(15)11-13)9-5-4-8-12-6-2-1-3-7-12/h1-3,5-7,9,14-16H,4,8,10-11H2/t14?,15-,16+. The summed E-state index contributed by atoms with van der Waals surface area (Å²) in [7, 11) is 0. The monoisotopic (exact) mass is 226 g/mol. The van der Waals surface area contributed by atoms with Crippen LogP contribution in [0.2, 0.25) is 0 Å². The topological polar surface area (TPSA) is 17.1 Å². The van der Waals surface area contributed by atoms with Crippen molar-refractivity contribution < 1.29 is 4.79 Å². The van der Waals surface area contributed by atoms with Crippen LogP contribution in [0.5, 0.6) is 0 Å². The smallest absolute Gasteiger partial charge is 0.133 e. The van der Waals surface area contributed by atoms with Crippen molar-refractivity contribution in [2.45, 2.75) is 25.7 Å². The number of carbonyl (C=O) groups is 1. The second-order valence-electron chi connectivity index (χ2n) is 5.30. The molecule has 0 saturated heterocycles. The lowest BCUT2D eigenvalue weighted by atomic mass is 10.1. The van der Waals surface area contributed by atoms with E-state index in [1.165, 1.54) is 5.56 Å². The Morgan fingerprint density at radius 3 is 2.53 bits per heavy atom. The summed E-state index contributed by atoms with van der Waals surface area (Å²) in [4.78, 5) is 11.1. The van der Waals surface area contributed by atoms with Crippen LogP contribution >= 0.6 is 0 Å². The Hall–Kier alpha value is -1.37. The highest BCUT2D eigenvalue weighted by Crippen LogP contribution is 2.56. The molecule has 0 aromatic heterocycles. The third kappa shape index (κ3) is 2.33. The molecule has 1 aromatic carbocycles. The molecule has 2 fully saturated rings. The van der Waals surface area contributed by atoms with Crippen LogP contribution in [0.4, 0.5) is 0 Å². The van der Waals surface area contributed by atoms with Gasteiger partial charge in [0.05, 0.1) is 0 Å². The predicted octanol–water partition coefficient (Wildman–Crippen LogP) is 3.40. The number of carbonyl (C=O) groups excluding carboxylic acids is 1. The second-order valence-corrected chi connectivity index (χ2v) is 5.30. The van der Waals surface area contributed by atoms with Gasteiger partial charge in [0.2, 0.25) is 0 Å². The van der Waals surface area contributed by atoms with E-state index >= 15 is 0 Å². The maximum absolute atomic E-state index is 11.1. The van der Waals surface area contributed by atoms with Gasteiger partial charge in [-0.15, -0.1) is 0 Å². The molecule has 1 unspecified atom stereocenters. The maximum Gasteiger partial charge on any atom is 0.133 e. The van der Waals surface area contributed by atoms with Crippen LogP contribution in [-0.2, 0) is 11.2 Å². The first-order valence-electron chi connectivity index (χ1n) is 6.57. The van der Waals surface area contributed by atoms with Crippen molar-refractivity contribution in [3.05, 3.63) is 48.0 Å². The van der Waals surface area contributed by atoms with Gasteiger partial charge in [-0.05, 0) is 36.2 Å². The fourth-order valence-electron chi connectivity index (χ4n) is 3.09. The Labute approximate surface area is 103 Å². The van der Waals surface area contributed by atoms with Gasteiger partial charge in [-0.1, -0.05) is 42.5 Å². The Morgan fingerprint density at radius 1 is 1.12 bits per heavy atom. The Bertz CT molecular complexity index is 418. The predicted molar refractivity (Wildman–Crippen MR) is 68.6 cm³/mol. The largest absolute Gasteiger partial charge is 0.300 e. The lowest BCUT2D eigenvalue weighted by molar-refractivity contribution is -0.118. The number of allylic oxidation sites excluding steroid dienone is 2. The second kappa shape index (κ2) is 4.48. The molecule has 0 N–H and O–H groups in total. The first-order valence-corrected chi connectivity index (χ1v) is 6.57. The van der Waals surface area contributed by atoms with Crippen molar-refractivity contribution in [3.8, 4) is 0 Å². The number of ketones is 1. The van der Waals surface area contributed by atoms with Gasteiger partial charge in [0, 0.05) is 12.8 Å². The van der Waals surface area contributed by atoms with Crippen molar-refractivity contribution in [1.29, 1.82) is 0 Å². The van der Waals surface area contributed by atoms with Crippen molar-refractivity contribution in [3.63, 3.8) is 0 Å². The fourth-order valence-corrected chi connectivity index (χ4v) is 3.09. The number of rotatable bonds is 4. The quantitative estimate of drug-likeness (QED) is 0.719. The number of benzene rings is 1. The van der Waals surface area contributed by atoms with E-state index in [1.807, 2.05) is 0 Å². The van der Waals surface area contributed by atoms with Gasteiger partial charge >= 0.3 is 0 Å². The molecule has 3 rings (SSSR count). The zero-order valence-electron chi connectivity index (χ0n) is 10.0. The van der Waals surface area contributed by atoms with Crippen molar-refractivity contribution in [2.75, 3.05) is 0 Å². The van der Waals surface area contributed by atoms with Crippen LogP contribution in [0, 0.1) is 17.8 Å². The molecule has 1 heteroatoms. The van der Waals surface area contributed by atoms with E-state index in [0.29, 0.717) is 17.6 Å². The Kier molecular flexibility index (Phi) is 2.84. The molecule has 0 aliphatic heterocycles. The molecule has 0 spiro atoms. The number of aryl methyl sites for hydroxylation is 1. The lowest BCUT2D eigenvalue weighted by Crippen LogP contribution is -1.95.